The first-order valence-corrected chi connectivity index (χ1v) is 9.17. The summed E-state index contributed by atoms with van der Waals surface area (Å²) in [4.78, 5) is 19.9. The minimum atomic E-state index is -0.0237. The van der Waals surface area contributed by atoms with Crippen molar-refractivity contribution in [2.45, 2.75) is 25.3 Å². The van der Waals surface area contributed by atoms with Gasteiger partial charge in [0.2, 0.25) is 0 Å². The number of pyridine rings is 1. The highest BCUT2D eigenvalue weighted by atomic mass is 16.5. The molecule has 0 unspecified atom stereocenters. The third-order valence-corrected chi connectivity index (χ3v) is 5.19. The van der Waals surface area contributed by atoms with E-state index in [1.807, 2.05) is 0 Å². The maximum absolute atomic E-state index is 12.2. The molecule has 25 heavy (non-hydrogen) atoms. The summed E-state index contributed by atoms with van der Waals surface area (Å²) in [5.41, 5.74) is 2.34. The number of aromatic amines is 1. The van der Waals surface area contributed by atoms with E-state index < -0.39 is 0 Å². The summed E-state index contributed by atoms with van der Waals surface area (Å²) in [5.74, 6) is 0.951. The van der Waals surface area contributed by atoms with Crippen molar-refractivity contribution in [3.8, 4) is 0 Å². The molecule has 0 bridgehead atoms. The van der Waals surface area contributed by atoms with Gasteiger partial charge in [0.05, 0.1) is 13.2 Å². The summed E-state index contributed by atoms with van der Waals surface area (Å²) in [5, 5.41) is 0. The lowest BCUT2D eigenvalue weighted by Gasteiger charge is -2.31. The molecule has 1 atom stereocenters. The number of aromatic nitrogens is 1. The predicted molar refractivity (Wildman–Crippen MR) is 101 cm³/mol. The topological polar surface area (TPSA) is 48.6 Å². The molecule has 2 aliphatic rings. The number of anilines is 2. The third-order valence-electron chi connectivity index (χ3n) is 5.19. The molecule has 2 saturated heterocycles. The number of nitrogens with zero attached hydrogens (tertiary/aromatic N) is 2. The molecule has 0 saturated carbocycles. The first kappa shape index (κ1) is 16.2. The molecular weight excluding hydrogens is 314 g/mol. The highest BCUT2D eigenvalue weighted by molar-refractivity contribution is 5.56. The zero-order valence-electron chi connectivity index (χ0n) is 14.5. The molecule has 2 aliphatic heterocycles. The lowest BCUT2D eigenvalue weighted by atomic mass is 10.0. The number of benzene rings is 1. The molecule has 0 aliphatic carbocycles. The van der Waals surface area contributed by atoms with Crippen molar-refractivity contribution in [2.75, 3.05) is 42.6 Å². The summed E-state index contributed by atoms with van der Waals surface area (Å²) in [6.07, 6.45) is 3.35. The maximum atomic E-state index is 12.2. The van der Waals surface area contributed by atoms with Crippen molar-refractivity contribution in [1.82, 2.24) is 4.98 Å². The van der Waals surface area contributed by atoms with Crippen LogP contribution in [0.2, 0.25) is 0 Å². The fourth-order valence-corrected chi connectivity index (χ4v) is 3.92. The summed E-state index contributed by atoms with van der Waals surface area (Å²) >= 11 is 0. The summed E-state index contributed by atoms with van der Waals surface area (Å²) < 4.78 is 5.43. The van der Waals surface area contributed by atoms with Crippen LogP contribution in [0.15, 0.2) is 47.3 Å². The molecule has 1 aromatic heterocycles. The molecule has 4 rings (SSSR count). The lowest BCUT2D eigenvalue weighted by Crippen LogP contribution is -2.37. The van der Waals surface area contributed by atoms with Crippen molar-refractivity contribution in [3.63, 3.8) is 0 Å². The lowest BCUT2D eigenvalue weighted by molar-refractivity contribution is 0.122. The Bertz CT molecular complexity index is 753. The second-order valence-electron chi connectivity index (χ2n) is 6.87. The second kappa shape index (κ2) is 7.31. The molecule has 132 valence electrons. The molecule has 5 heteroatoms. The van der Waals surface area contributed by atoms with Gasteiger partial charge in [0.25, 0.3) is 5.56 Å². The van der Waals surface area contributed by atoms with E-state index in [1.165, 1.54) is 18.4 Å². The van der Waals surface area contributed by atoms with Crippen LogP contribution in [-0.2, 0) is 11.2 Å². The molecule has 0 spiro atoms. The van der Waals surface area contributed by atoms with Gasteiger partial charge >= 0.3 is 0 Å². The highest BCUT2D eigenvalue weighted by Crippen LogP contribution is 2.28. The van der Waals surface area contributed by atoms with E-state index in [1.54, 1.807) is 6.07 Å². The zero-order chi connectivity index (χ0) is 17.1. The van der Waals surface area contributed by atoms with Crippen LogP contribution >= 0.6 is 0 Å². The van der Waals surface area contributed by atoms with Gasteiger partial charge in [-0.25, -0.2) is 0 Å². The minimum Gasteiger partial charge on any atom is -0.378 e. The summed E-state index contributed by atoms with van der Waals surface area (Å²) in [6.45, 7) is 4.14. The largest absolute Gasteiger partial charge is 0.378 e. The van der Waals surface area contributed by atoms with Crippen LogP contribution in [0.1, 0.15) is 18.4 Å². The first-order chi connectivity index (χ1) is 12.3. The first-order valence-electron chi connectivity index (χ1n) is 9.17. The van der Waals surface area contributed by atoms with Crippen LogP contribution in [0.5, 0.6) is 0 Å². The Morgan fingerprint density at radius 1 is 1.08 bits per heavy atom. The summed E-state index contributed by atoms with van der Waals surface area (Å²) in [6, 6.07) is 14.9. The van der Waals surface area contributed by atoms with Crippen molar-refractivity contribution >= 4 is 11.5 Å². The van der Waals surface area contributed by atoms with Crippen LogP contribution in [0.3, 0.4) is 0 Å². The van der Waals surface area contributed by atoms with Gasteiger partial charge < -0.3 is 19.5 Å². The average Bonchev–Trinajstić information content (AvgIpc) is 3.11. The molecule has 1 N–H and O–H groups in total. The van der Waals surface area contributed by atoms with Crippen molar-refractivity contribution in [2.24, 2.45) is 0 Å². The van der Waals surface area contributed by atoms with Crippen LogP contribution in [0.4, 0.5) is 11.5 Å². The van der Waals surface area contributed by atoms with Gasteiger partial charge in [-0.15, -0.1) is 0 Å². The minimum absolute atomic E-state index is 0.0237. The molecule has 2 aromatic rings. The molecule has 0 radical (unpaired) electrons. The Kier molecular flexibility index (Phi) is 4.74. The van der Waals surface area contributed by atoms with Gasteiger partial charge in [-0.3, -0.25) is 4.79 Å². The van der Waals surface area contributed by atoms with Gasteiger partial charge in [0.1, 0.15) is 5.82 Å². The molecular formula is C20H25N3O2. The fourth-order valence-electron chi connectivity index (χ4n) is 3.92. The van der Waals surface area contributed by atoms with Gasteiger partial charge in [-0.1, -0.05) is 30.3 Å². The van der Waals surface area contributed by atoms with Gasteiger partial charge in [0, 0.05) is 43.5 Å². The fraction of sp³-hybridized carbons (Fsp3) is 0.450. The van der Waals surface area contributed by atoms with Crippen LogP contribution < -0.4 is 15.4 Å². The van der Waals surface area contributed by atoms with Gasteiger partial charge in [-0.05, 0) is 24.8 Å². The molecule has 2 fully saturated rings. The summed E-state index contributed by atoms with van der Waals surface area (Å²) in [7, 11) is 0. The highest BCUT2D eigenvalue weighted by Gasteiger charge is 2.26. The van der Waals surface area contributed by atoms with Crippen LogP contribution in [0.25, 0.3) is 0 Å². The number of hydrogen-bond acceptors (Lipinski definition) is 4. The van der Waals surface area contributed by atoms with E-state index in [2.05, 4.69) is 51.2 Å². The monoisotopic (exact) mass is 339 g/mol. The maximum Gasteiger partial charge on any atom is 0.251 e. The van der Waals surface area contributed by atoms with Crippen LogP contribution in [0, 0.1) is 0 Å². The SMILES string of the molecule is O=c1cc(N2CCOCC2)cc(N2CCC[C@@H]2Cc2ccccc2)[nH]1. The number of morpholine rings is 1. The van der Waals surface area contributed by atoms with E-state index in [4.69, 9.17) is 4.74 Å². The Labute approximate surface area is 148 Å². The second-order valence-corrected chi connectivity index (χ2v) is 6.87. The van der Waals surface area contributed by atoms with E-state index >= 15 is 0 Å². The number of H-pyrrole nitrogens is 1. The van der Waals surface area contributed by atoms with Gasteiger partial charge in [0.15, 0.2) is 0 Å². The van der Waals surface area contributed by atoms with E-state index in [9.17, 15) is 4.79 Å². The Morgan fingerprint density at radius 3 is 2.68 bits per heavy atom. The van der Waals surface area contributed by atoms with E-state index in [0.29, 0.717) is 6.04 Å². The average molecular weight is 339 g/mol. The standard InChI is InChI=1S/C20H25N3O2/c24-20-15-18(22-9-11-25-12-10-22)14-19(21-20)23-8-4-7-17(23)13-16-5-2-1-3-6-16/h1-3,5-6,14-15,17H,4,7-13H2,(H,21,24)/t17-/m1/s1. The van der Waals surface area contributed by atoms with E-state index in [0.717, 1.165) is 50.8 Å². The Balaban J connectivity index is 1.57. The molecule has 3 heterocycles. The number of nitrogens with one attached hydrogen (secondary N) is 1. The van der Waals surface area contributed by atoms with Crippen LogP contribution in [-0.4, -0.2) is 43.9 Å². The normalized spacial score (nSPS) is 20.9. The van der Waals surface area contributed by atoms with Crippen molar-refractivity contribution < 1.29 is 4.74 Å². The molecule has 1 aromatic carbocycles. The number of hydrogen-bond donors (Lipinski definition) is 1. The van der Waals surface area contributed by atoms with E-state index in [-0.39, 0.29) is 5.56 Å². The Morgan fingerprint density at radius 2 is 1.88 bits per heavy atom. The molecule has 0 amide bonds. The third kappa shape index (κ3) is 3.71. The van der Waals surface area contributed by atoms with Crippen molar-refractivity contribution in [3.05, 3.63) is 58.4 Å². The number of rotatable bonds is 4. The van der Waals surface area contributed by atoms with Gasteiger partial charge in [-0.2, -0.15) is 0 Å². The zero-order valence-corrected chi connectivity index (χ0v) is 14.5. The molecule has 5 nitrogen and oxygen atoms in total. The van der Waals surface area contributed by atoms with Crippen molar-refractivity contribution in [1.29, 1.82) is 0 Å². The number of ether oxygens (including phenoxy) is 1. The quantitative estimate of drug-likeness (QED) is 0.929. The Hall–Kier alpha value is -2.27. The predicted octanol–water partition coefficient (Wildman–Crippen LogP) is 2.42. The smallest absolute Gasteiger partial charge is 0.251 e.